The number of aromatic nitrogens is 1. The Hall–Kier alpha value is -1.09. The van der Waals surface area contributed by atoms with Gasteiger partial charge in [-0.25, -0.2) is 4.98 Å². The van der Waals surface area contributed by atoms with Crippen molar-refractivity contribution in [2.75, 3.05) is 18.5 Å². The smallest absolute Gasteiger partial charge is 0.131 e. The molecule has 1 unspecified atom stereocenters. The van der Waals surface area contributed by atoms with Crippen LogP contribution in [0.2, 0.25) is 0 Å². The van der Waals surface area contributed by atoms with Gasteiger partial charge in [0, 0.05) is 24.9 Å². The zero-order chi connectivity index (χ0) is 13.9. The van der Waals surface area contributed by atoms with E-state index in [9.17, 15) is 0 Å². The zero-order valence-electron chi connectivity index (χ0n) is 12.6. The molecule has 0 fully saturated rings. The van der Waals surface area contributed by atoms with Crippen LogP contribution in [0.4, 0.5) is 5.82 Å². The first kappa shape index (κ1) is 16.0. The Morgan fingerprint density at radius 1 is 1.32 bits per heavy atom. The zero-order valence-corrected chi connectivity index (χ0v) is 12.6. The van der Waals surface area contributed by atoms with E-state index in [1.165, 1.54) is 25.7 Å². The van der Waals surface area contributed by atoms with Crippen molar-refractivity contribution < 1.29 is 4.74 Å². The second-order valence-electron chi connectivity index (χ2n) is 4.97. The van der Waals surface area contributed by atoms with Crippen LogP contribution >= 0.6 is 0 Å². The second kappa shape index (κ2) is 9.79. The summed E-state index contributed by atoms with van der Waals surface area (Å²) in [6.07, 6.45) is 6.87. The van der Waals surface area contributed by atoms with Crippen molar-refractivity contribution in [2.24, 2.45) is 5.92 Å². The molecule has 1 atom stereocenters. The van der Waals surface area contributed by atoms with E-state index in [2.05, 4.69) is 37.1 Å². The van der Waals surface area contributed by atoms with Crippen LogP contribution in [0.1, 0.15) is 52.0 Å². The molecule has 108 valence electrons. The van der Waals surface area contributed by atoms with Gasteiger partial charge in [0.1, 0.15) is 5.82 Å². The Kier molecular flexibility index (Phi) is 8.23. The van der Waals surface area contributed by atoms with Gasteiger partial charge in [-0.1, -0.05) is 39.2 Å². The largest absolute Gasteiger partial charge is 0.376 e. The summed E-state index contributed by atoms with van der Waals surface area (Å²) < 4.78 is 5.88. The molecule has 3 nitrogen and oxygen atoms in total. The molecule has 1 N–H and O–H groups in total. The van der Waals surface area contributed by atoms with Gasteiger partial charge in [0.2, 0.25) is 0 Å². The molecule has 0 spiro atoms. The van der Waals surface area contributed by atoms with E-state index in [0.29, 0.717) is 12.5 Å². The highest BCUT2D eigenvalue weighted by Crippen LogP contribution is 2.16. The number of ether oxygens (including phenoxy) is 1. The van der Waals surface area contributed by atoms with E-state index >= 15 is 0 Å². The summed E-state index contributed by atoms with van der Waals surface area (Å²) in [4.78, 5) is 4.34. The summed E-state index contributed by atoms with van der Waals surface area (Å²) in [6.45, 7) is 8.97. The van der Waals surface area contributed by atoms with Crippen molar-refractivity contribution >= 4 is 5.82 Å². The van der Waals surface area contributed by atoms with E-state index in [1.807, 2.05) is 12.3 Å². The molecule has 1 aromatic heterocycles. The maximum Gasteiger partial charge on any atom is 0.131 e. The first-order valence-corrected chi connectivity index (χ1v) is 7.57. The fourth-order valence-electron chi connectivity index (χ4n) is 2.12. The fourth-order valence-corrected chi connectivity index (χ4v) is 2.12. The van der Waals surface area contributed by atoms with Crippen LogP contribution in [0, 0.1) is 5.92 Å². The topological polar surface area (TPSA) is 34.1 Å². The Morgan fingerprint density at radius 2 is 2.16 bits per heavy atom. The van der Waals surface area contributed by atoms with Crippen LogP contribution in [-0.2, 0) is 11.3 Å². The number of unbranched alkanes of at least 4 members (excludes halogenated alkanes) is 1. The third-order valence-electron chi connectivity index (χ3n) is 3.39. The molecule has 0 amide bonds. The highest BCUT2D eigenvalue weighted by atomic mass is 16.5. The quantitative estimate of drug-likeness (QED) is 0.686. The van der Waals surface area contributed by atoms with Crippen LogP contribution in [0.25, 0.3) is 0 Å². The number of hydrogen-bond acceptors (Lipinski definition) is 3. The van der Waals surface area contributed by atoms with Crippen molar-refractivity contribution in [2.45, 2.75) is 53.1 Å². The molecule has 3 heteroatoms. The van der Waals surface area contributed by atoms with Crippen molar-refractivity contribution in [3.63, 3.8) is 0 Å². The second-order valence-corrected chi connectivity index (χ2v) is 4.97. The number of nitrogens with zero attached hydrogens (tertiary/aromatic N) is 1. The number of pyridine rings is 1. The normalized spacial score (nSPS) is 12.4. The summed E-state index contributed by atoms with van der Waals surface area (Å²) in [7, 11) is 0. The first-order chi connectivity index (χ1) is 9.31. The highest BCUT2D eigenvalue weighted by Gasteiger charge is 2.07. The molecule has 1 aromatic rings. The molecule has 19 heavy (non-hydrogen) atoms. The molecule has 0 bridgehead atoms. The van der Waals surface area contributed by atoms with Crippen molar-refractivity contribution in [3.05, 3.63) is 23.9 Å². The maximum absolute atomic E-state index is 5.88. The van der Waals surface area contributed by atoms with Crippen LogP contribution in [0.3, 0.4) is 0 Å². The molecule has 0 aliphatic carbocycles. The van der Waals surface area contributed by atoms with E-state index in [4.69, 9.17) is 4.74 Å². The van der Waals surface area contributed by atoms with Gasteiger partial charge in [-0.2, -0.15) is 0 Å². The minimum Gasteiger partial charge on any atom is -0.376 e. The standard InChI is InChI=1S/C16H28N2O/c1-4-7-9-14(5-2)12-19-13-15-10-8-11-18-16(15)17-6-3/h8,10-11,14H,4-7,9,12-13H2,1-3H3,(H,17,18). The summed E-state index contributed by atoms with van der Waals surface area (Å²) in [6, 6.07) is 4.05. The Balaban J connectivity index is 2.39. The van der Waals surface area contributed by atoms with Crippen LogP contribution in [-0.4, -0.2) is 18.1 Å². The molecule has 0 aliphatic rings. The Labute approximate surface area is 117 Å². The lowest BCUT2D eigenvalue weighted by atomic mass is 10.0. The third-order valence-corrected chi connectivity index (χ3v) is 3.39. The lowest BCUT2D eigenvalue weighted by Gasteiger charge is -2.15. The third kappa shape index (κ3) is 6.06. The number of anilines is 1. The van der Waals surface area contributed by atoms with E-state index in [0.717, 1.165) is 24.5 Å². The van der Waals surface area contributed by atoms with Gasteiger partial charge < -0.3 is 10.1 Å². The molecule has 1 heterocycles. The minimum atomic E-state index is 0.652. The van der Waals surface area contributed by atoms with Gasteiger partial charge in [-0.15, -0.1) is 0 Å². The lowest BCUT2D eigenvalue weighted by molar-refractivity contribution is 0.0821. The average molecular weight is 264 g/mol. The van der Waals surface area contributed by atoms with Crippen molar-refractivity contribution in [3.8, 4) is 0 Å². The number of nitrogens with one attached hydrogen (secondary N) is 1. The van der Waals surface area contributed by atoms with Crippen LogP contribution in [0.15, 0.2) is 18.3 Å². The van der Waals surface area contributed by atoms with E-state index in [1.54, 1.807) is 0 Å². The summed E-state index contributed by atoms with van der Waals surface area (Å²) in [5, 5.41) is 3.27. The molecule has 0 aromatic carbocycles. The molecular weight excluding hydrogens is 236 g/mol. The molecule has 0 saturated heterocycles. The Bertz CT molecular complexity index is 341. The summed E-state index contributed by atoms with van der Waals surface area (Å²) >= 11 is 0. The van der Waals surface area contributed by atoms with Gasteiger partial charge in [0.25, 0.3) is 0 Å². The summed E-state index contributed by atoms with van der Waals surface area (Å²) in [5.74, 6) is 1.64. The van der Waals surface area contributed by atoms with Crippen molar-refractivity contribution in [1.82, 2.24) is 4.98 Å². The predicted molar refractivity (Wildman–Crippen MR) is 81.4 cm³/mol. The van der Waals surface area contributed by atoms with E-state index < -0.39 is 0 Å². The van der Waals surface area contributed by atoms with Crippen LogP contribution < -0.4 is 5.32 Å². The van der Waals surface area contributed by atoms with Gasteiger partial charge in [-0.05, 0) is 25.3 Å². The maximum atomic E-state index is 5.88. The first-order valence-electron chi connectivity index (χ1n) is 7.57. The number of rotatable bonds is 10. The van der Waals surface area contributed by atoms with Gasteiger partial charge in [0.05, 0.1) is 6.61 Å². The molecule has 0 saturated carbocycles. The predicted octanol–water partition coefficient (Wildman–Crippen LogP) is 4.25. The lowest BCUT2D eigenvalue weighted by Crippen LogP contribution is -2.10. The molecular formula is C16H28N2O. The Morgan fingerprint density at radius 3 is 2.84 bits per heavy atom. The van der Waals surface area contributed by atoms with Crippen LogP contribution in [0.5, 0.6) is 0 Å². The van der Waals surface area contributed by atoms with Gasteiger partial charge in [0.15, 0.2) is 0 Å². The number of hydrogen-bond donors (Lipinski definition) is 1. The average Bonchev–Trinajstić information content (AvgIpc) is 2.44. The molecule has 0 aliphatic heterocycles. The monoisotopic (exact) mass is 264 g/mol. The summed E-state index contributed by atoms with van der Waals surface area (Å²) in [5.41, 5.74) is 1.15. The minimum absolute atomic E-state index is 0.652. The molecule has 0 radical (unpaired) electrons. The van der Waals surface area contributed by atoms with Crippen molar-refractivity contribution in [1.29, 1.82) is 0 Å². The molecule has 1 rings (SSSR count). The van der Waals surface area contributed by atoms with Gasteiger partial charge >= 0.3 is 0 Å². The fraction of sp³-hybridized carbons (Fsp3) is 0.688. The van der Waals surface area contributed by atoms with E-state index in [-0.39, 0.29) is 0 Å². The highest BCUT2D eigenvalue weighted by molar-refractivity contribution is 5.42. The van der Waals surface area contributed by atoms with Gasteiger partial charge in [-0.3, -0.25) is 0 Å². The SMILES string of the molecule is CCCCC(CC)COCc1cccnc1NCC.